The van der Waals surface area contributed by atoms with Crippen molar-refractivity contribution in [3.8, 4) is 22.8 Å². The zero-order chi connectivity index (χ0) is 22.0. The molecule has 0 fully saturated rings. The molecule has 0 aliphatic carbocycles. The van der Waals surface area contributed by atoms with Gasteiger partial charge in [0.1, 0.15) is 11.3 Å². The fourth-order valence-corrected chi connectivity index (χ4v) is 3.41. The largest absolute Gasteiger partial charge is 0.545 e. The number of hydrogen-bond donors (Lipinski definition) is 0. The van der Waals surface area contributed by atoms with Gasteiger partial charge in [0.05, 0.1) is 31.2 Å². The van der Waals surface area contributed by atoms with Crippen molar-refractivity contribution in [1.82, 2.24) is 0 Å². The molecule has 4 rings (SSSR count). The monoisotopic (exact) mass is 434 g/mol. The summed E-state index contributed by atoms with van der Waals surface area (Å²) in [6.45, 7) is 0. The van der Waals surface area contributed by atoms with Crippen LogP contribution in [0.25, 0.3) is 22.3 Å². The number of para-hydroxylation sites is 1. The lowest BCUT2D eigenvalue weighted by atomic mass is 10.1. The molecule has 0 radical (unpaired) electrons. The number of aromatic carboxylic acids is 1. The van der Waals surface area contributed by atoms with Crippen LogP contribution in [0.5, 0.6) is 11.5 Å². The number of methoxy groups -OCH3 is 2. The maximum Gasteiger partial charge on any atom is 0.161 e. The van der Waals surface area contributed by atoms with Crippen LogP contribution in [0.4, 0.5) is 5.69 Å². The Morgan fingerprint density at radius 2 is 1.74 bits per heavy atom. The van der Waals surface area contributed by atoms with Crippen LogP contribution in [0.15, 0.2) is 76.1 Å². The highest BCUT2D eigenvalue weighted by molar-refractivity contribution is 6.31. The standard InChI is InChI=1S/C24H18ClNO5/c1-29-21-9-7-14(11-23(21)30-2)22-13-19(17-12-15(25)8-10-20(17)31-22)26-18-6-4-3-5-16(18)24(27)28/h3-13H,1-2H3,(H,27,28)/p-1. The highest BCUT2D eigenvalue weighted by Crippen LogP contribution is 2.33. The van der Waals surface area contributed by atoms with Gasteiger partial charge in [-0.05, 0) is 42.5 Å². The van der Waals surface area contributed by atoms with E-state index in [2.05, 4.69) is 4.99 Å². The molecule has 0 aliphatic rings. The number of nitrogens with zero attached hydrogens (tertiary/aromatic N) is 1. The van der Waals surface area contributed by atoms with Gasteiger partial charge < -0.3 is 23.8 Å². The van der Waals surface area contributed by atoms with E-state index < -0.39 is 5.97 Å². The van der Waals surface area contributed by atoms with Crippen molar-refractivity contribution in [3.63, 3.8) is 0 Å². The molecule has 1 heterocycles. The lowest BCUT2D eigenvalue weighted by molar-refractivity contribution is -0.254. The van der Waals surface area contributed by atoms with Crippen LogP contribution in [0.3, 0.4) is 0 Å². The predicted molar refractivity (Wildman–Crippen MR) is 116 cm³/mol. The van der Waals surface area contributed by atoms with Crippen LogP contribution >= 0.6 is 11.6 Å². The molecule has 0 atom stereocenters. The van der Waals surface area contributed by atoms with E-state index in [0.29, 0.717) is 38.6 Å². The van der Waals surface area contributed by atoms with E-state index in [9.17, 15) is 9.90 Å². The smallest absolute Gasteiger partial charge is 0.161 e. The third-order valence-electron chi connectivity index (χ3n) is 4.74. The molecule has 0 N–H and O–H groups in total. The number of halogens is 1. The van der Waals surface area contributed by atoms with Gasteiger partial charge >= 0.3 is 0 Å². The van der Waals surface area contributed by atoms with E-state index in [1.165, 1.54) is 6.07 Å². The normalized spacial score (nSPS) is 11.5. The molecule has 0 unspecified atom stereocenters. The summed E-state index contributed by atoms with van der Waals surface area (Å²) in [5.74, 6) is 0.349. The fourth-order valence-electron chi connectivity index (χ4n) is 3.24. The Balaban J connectivity index is 2.00. The number of rotatable bonds is 5. The molecule has 0 bridgehead atoms. The highest BCUT2D eigenvalue weighted by atomic mass is 35.5. The third-order valence-corrected chi connectivity index (χ3v) is 4.97. The van der Waals surface area contributed by atoms with E-state index in [1.807, 2.05) is 6.07 Å². The number of carbonyl (C=O) groups is 1. The topological polar surface area (TPSA) is 84.1 Å². The molecule has 156 valence electrons. The molecule has 4 aromatic rings. The van der Waals surface area contributed by atoms with Crippen molar-refractivity contribution >= 4 is 34.2 Å². The van der Waals surface area contributed by atoms with Crippen LogP contribution in [0.2, 0.25) is 5.02 Å². The van der Waals surface area contributed by atoms with E-state index >= 15 is 0 Å². The minimum absolute atomic E-state index is 0.00821. The number of ether oxygens (including phenoxy) is 2. The predicted octanol–water partition coefficient (Wildman–Crippen LogP) is 4.37. The lowest BCUT2D eigenvalue weighted by Crippen LogP contribution is -2.22. The number of benzene rings is 3. The number of carbonyl (C=O) groups excluding carboxylic acids is 1. The van der Waals surface area contributed by atoms with Gasteiger partial charge in [-0.2, -0.15) is 0 Å². The minimum atomic E-state index is -1.30. The minimum Gasteiger partial charge on any atom is -0.545 e. The van der Waals surface area contributed by atoms with Crippen molar-refractivity contribution in [1.29, 1.82) is 0 Å². The molecule has 0 saturated heterocycles. The number of carboxylic acids is 1. The zero-order valence-corrected chi connectivity index (χ0v) is 17.5. The number of fused-ring (bicyclic) bond motifs is 1. The summed E-state index contributed by atoms with van der Waals surface area (Å²) in [4.78, 5) is 16.1. The second kappa shape index (κ2) is 8.53. The van der Waals surface area contributed by atoms with Gasteiger partial charge in [0.2, 0.25) is 0 Å². The average molecular weight is 435 g/mol. The van der Waals surface area contributed by atoms with E-state index in [4.69, 9.17) is 25.5 Å². The average Bonchev–Trinajstić information content (AvgIpc) is 2.79. The molecular formula is C24H17ClNO5-. The molecule has 1 aromatic heterocycles. The van der Waals surface area contributed by atoms with Crippen molar-refractivity contribution in [2.75, 3.05) is 14.2 Å². The van der Waals surface area contributed by atoms with Crippen molar-refractivity contribution in [2.45, 2.75) is 0 Å². The number of carboxylic acid groups (broad SMARTS) is 1. The van der Waals surface area contributed by atoms with Gasteiger partial charge in [0.15, 0.2) is 11.5 Å². The van der Waals surface area contributed by atoms with Crippen molar-refractivity contribution in [3.05, 3.63) is 82.7 Å². The molecular weight excluding hydrogens is 418 g/mol. The first-order valence-electron chi connectivity index (χ1n) is 9.31. The first-order chi connectivity index (χ1) is 15.0. The van der Waals surface area contributed by atoms with E-state index in [-0.39, 0.29) is 11.3 Å². The summed E-state index contributed by atoms with van der Waals surface area (Å²) in [6, 6.07) is 18.7. The first-order valence-corrected chi connectivity index (χ1v) is 9.69. The second-order valence-corrected chi connectivity index (χ2v) is 7.06. The Hall–Kier alpha value is -3.77. The molecule has 0 saturated carbocycles. The Bertz CT molecular complexity index is 1360. The Morgan fingerprint density at radius 1 is 0.968 bits per heavy atom. The summed E-state index contributed by atoms with van der Waals surface area (Å²) in [6.07, 6.45) is 0. The maximum atomic E-state index is 11.5. The Kier molecular flexibility index (Phi) is 5.64. The van der Waals surface area contributed by atoms with Gasteiger partial charge in [-0.15, -0.1) is 0 Å². The highest BCUT2D eigenvalue weighted by Gasteiger charge is 2.11. The molecule has 31 heavy (non-hydrogen) atoms. The van der Waals surface area contributed by atoms with Crippen molar-refractivity contribution < 1.29 is 23.8 Å². The zero-order valence-electron chi connectivity index (χ0n) is 16.7. The van der Waals surface area contributed by atoms with Gasteiger partial charge in [-0.1, -0.05) is 29.8 Å². The van der Waals surface area contributed by atoms with E-state index in [1.54, 1.807) is 68.8 Å². The molecule has 0 spiro atoms. The third kappa shape index (κ3) is 4.11. The van der Waals surface area contributed by atoms with Crippen LogP contribution in [0.1, 0.15) is 10.4 Å². The molecule has 0 amide bonds. The summed E-state index contributed by atoms with van der Waals surface area (Å²) >= 11 is 6.19. The summed E-state index contributed by atoms with van der Waals surface area (Å²) in [7, 11) is 3.12. The van der Waals surface area contributed by atoms with Crippen molar-refractivity contribution in [2.24, 2.45) is 4.99 Å². The van der Waals surface area contributed by atoms with Gasteiger partial charge in [-0.25, -0.2) is 4.99 Å². The quantitative estimate of drug-likeness (QED) is 0.465. The fraction of sp³-hybridized carbons (Fsp3) is 0.0833. The van der Waals surface area contributed by atoms with Crippen LogP contribution in [-0.2, 0) is 0 Å². The molecule has 0 aliphatic heterocycles. The summed E-state index contributed by atoms with van der Waals surface area (Å²) in [5.41, 5.74) is 1.54. The van der Waals surface area contributed by atoms with Gasteiger partial charge in [-0.3, -0.25) is 0 Å². The van der Waals surface area contributed by atoms with Gasteiger partial charge in [0, 0.05) is 27.6 Å². The summed E-state index contributed by atoms with van der Waals surface area (Å²) in [5, 5.41) is 13.2. The maximum absolute atomic E-state index is 11.5. The van der Waals surface area contributed by atoms with Gasteiger partial charge in [0.25, 0.3) is 0 Å². The second-order valence-electron chi connectivity index (χ2n) is 6.62. The van der Waals surface area contributed by atoms with E-state index in [0.717, 1.165) is 5.56 Å². The summed E-state index contributed by atoms with van der Waals surface area (Å²) < 4.78 is 16.8. The number of hydrogen-bond acceptors (Lipinski definition) is 6. The lowest BCUT2D eigenvalue weighted by Gasteiger charge is -2.10. The SMILES string of the molecule is COc1ccc(-c2cc(=Nc3ccccc3C(=O)[O-])c3cc(Cl)ccc3o2)cc1OC. The molecule has 3 aromatic carbocycles. The Morgan fingerprint density at radius 3 is 2.48 bits per heavy atom. The molecule has 6 nitrogen and oxygen atoms in total. The first kappa shape index (κ1) is 20.5. The van der Waals surface area contributed by atoms with Crippen LogP contribution in [0, 0.1) is 0 Å². The van der Waals surface area contributed by atoms with Crippen LogP contribution in [-0.4, -0.2) is 20.2 Å². The van der Waals surface area contributed by atoms with Crippen LogP contribution < -0.4 is 19.9 Å². The molecule has 7 heteroatoms. The Labute approximate surface area is 183 Å².